The van der Waals surface area contributed by atoms with E-state index in [9.17, 15) is 26.7 Å². The number of anilines is 2. The molecule has 1 spiro atoms. The highest BCUT2D eigenvalue weighted by molar-refractivity contribution is 5.96. The third-order valence-electron chi connectivity index (χ3n) is 7.05. The first-order valence-corrected chi connectivity index (χ1v) is 11.6. The van der Waals surface area contributed by atoms with Crippen LogP contribution in [-0.4, -0.2) is 61.2 Å². The van der Waals surface area contributed by atoms with E-state index in [1.165, 1.54) is 17.2 Å². The Labute approximate surface area is 202 Å². The van der Waals surface area contributed by atoms with Crippen molar-refractivity contribution in [1.29, 1.82) is 0 Å². The van der Waals surface area contributed by atoms with Crippen LogP contribution >= 0.6 is 0 Å². The fraction of sp³-hybridized carbons (Fsp3) is 0.545. The van der Waals surface area contributed by atoms with Gasteiger partial charge in [-0.25, -0.2) is 33.4 Å². The molecule has 5 rings (SSSR count). The monoisotopic (exact) mass is 510 g/mol. The maximum absolute atomic E-state index is 13.2. The minimum absolute atomic E-state index is 0.0444. The third-order valence-corrected chi connectivity index (χ3v) is 7.05. The van der Waals surface area contributed by atoms with E-state index in [0.717, 1.165) is 10.9 Å². The average molecular weight is 510 g/mol. The molecule has 9 nitrogen and oxygen atoms in total. The zero-order chi connectivity index (χ0) is 25.7. The first kappa shape index (κ1) is 24.3. The van der Waals surface area contributed by atoms with Gasteiger partial charge in [0, 0.05) is 37.2 Å². The van der Waals surface area contributed by atoms with Crippen LogP contribution in [0.1, 0.15) is 38.4 Å². The minimum atomic E-state index is -4.71. The molecule has 3 aromatic rings. The van der Waals surface area contributed by atoms with Crippen LogP contribution in [0.3, 0.4) is 0 Å². The van der Waals surface area contributed by atoms with Gasteiger partial charge in [0.15, 0.2) is 5.65 Å². The van der Waals surface area contributed by atoms with Crippen molar-refractivity contribution in [3.05, 3.63) is 30.5 Å². The zero-order valence-electron chi connectivity index (χ0n) is 19.3. The second kappa shape index (κ2) is 8.89. The van der Waals surface area contributed by atoms with Gasteiger partial charge < -0.3 is 4.90 Å². The Bertz CT molecular complexity index is 1270. The number of hydrogen-bond donors (Lipinski definition) is 0. The van der Waals surface area contributed by atoms with Gasteiger partial charge in [-0.2, -0.15) is 18.3 Å². The number of fused-ring (bicyclic) bond motifs is 1. The SMILES string of the molecule is CCC1N(c2ccnc(C(F)(F)F)n2)C(=O)CC12CCN(c1cnc3cnn(CC(F)F)c3n1)CC2. The molecule has 1 amide bonds. The summed E-state index contributed by atoms with van der Waals surface area (Å²) in [5.41, 5.74) is 0.255. The lowest BCUT2D eigenvalue weighted by Gasteiger charge is -2.43. The topological polar surface area (TPSA) is 92.9 Å². The van der Waals surface area contributed by atoms with Crippen LogP contribution in [0.4, 0.5) is 33.6 Å². The molecule has 14 heteroatoms. The molecule has 2 aliphatic heterocycles. The van der Waals surface area contributed by atoms with Crippen LogP contribution in [0.15, 0.2) is 24.7 Å². The Morgan fingerprint density at radius 3 is 2.53 bits per heavy atom. The summed E-state index contributed by atoms with van der Waals surface area (Å²) in [6.07, 6.45) is -1.36. The molecular weight excluding hydrogens is 487 g/mol. The summed E-state index contributed by atoms with van der Waals surface area (Å²) in [5, 5.41) is 3.94. The van der Waals surface area contributed by atoms with Gasteiger partial charge in [0.2, 0.25) is 11.7 Å². The van der Waals surface area contributed by atoms with Crippen LogP contribution in [-0.2, 0) is 17.5 Å². The van der Waals surface area contributed by atoms with E-state index in [4.69, 9.17) is 0 Å². The first-order valence-electron chi connectivity index (χ1n) is 11.6. The first-order chi connectivity index (χ1) is 17.1. The van der Waals surface area contributed by atoms with E-state index in [1.54, 1.807) is 6.20 Å². The highest BCUT2D eigenvalue weighted by atomic mass is 19.4. The Hall–Kier alpha value is -3.45. The van der Waals surface area contributed by atoms with Gasteiger partial charge in [-0.1, -0.05) is 6.92 Å². The standard InChI is InChI=1S/C22H23F5N8O/c1-2-14-21(9-18(36)35(14)16-3-6-28-20(32-16)22(25,26)27)4-7-33(8-5-21)17-11-29-13-10-30-34(12-15(23)24)19(13)31-17/h3,6,10-11,14-15H,2,4-5,7-9,12H2,1H3. The second-order valence-corrected chi connectivity index (χ2v) is 9.11. The van der Waals surface area contributed by atoms with Crippen LogP contribution in [0.2, 0.25) is 0 Å². The summed E-state index contributed by atoms with van der Waals surface area (Å²) in [6, 6.07) is 1.02. The van der Waals surface area contributed by atoms with Crippen molar-refractivity contribution >= 4 is 28.7 Å². The summed E-state index contributed by atoms with van der Waals surface area (Å²) >= 11 is 0. The van der Waals surface area contributed by atoms with Crippen molar-refractivity contribution in [1.82, 2.24) is 29.7 Å². The van der Waals surface area contributed by atoms with Crippen LogP contribution in [0.25, 0.3) is 11.2 Å². The fourth-order valence-corrected chi connectivity index (χ4v) is 5.42. The number of halogens is 5. The number of hydrogen-bond acceptors (Lipinski definition) is 7. The van der Waals surface area contributed by atoms with Crippen molar-refractivity contribution in [2.24, 2.45) is 5.41 Å². The molecular formula is C22H23F5N8O. The predicted octanol–water partition coefficient (Wildman–Crippen LogP) is 3.70. The quantitative estimate of drug-likeness (QED) is 0.484. The molecule has 0 N–H and O–H groups in total. The van der Waals surface area contributed by atoms with Gasteiger partial charge in [-0.15, -0.1) is 0 Å². The van der Waals surface area contributed by atoms with E-state index in [1.807, 2.05) is 11.8 Å². The van der Waals surface area contributed by atoms with Crippen LogP contribution < -0.4 is 9.80 Å². The van der Waals surface area contributed by atoms with Crippen molar-refractivity contribution in [3.63, 3.8) is 0 Å². The van der Waals surface area contributed by atoms with Crippen molar-refractivity contribution in [2.75, 3.05) is 22.9 Å². The van der Waals surface area contributed by atoms with E-state index >= 15 is 0 Å². The molecule has 0 radical (unpaired) electrons. The number of nitrogens with zero attached hydrogens (tertiary/aromatic N) is 8. The Morgan fingerprint density at radius 1 is 1.11 bits per heavy atom. The van der Waals surface area contributed by atoms with Crippen molar-refractivity contribution in [2.45, 2.75) is 57.8 Å². The highest BCUT2D eigenvalue weighted by Gasteiger charge is 2.53. The minimum Gasteiger partial charge on any atom is -0.355 e. The van der Waals surface area contributed by atoms with Gasteiger partial charge in [0.05, 0.1) is 12.4 Å². The molecule has 0 saturated carbocycles. The largest absolute Gasteiger partial charge is 0.451 e. The Kier molecular flexibility index (Phi) is 5.99. The molecule has 0 aromatic carbocycles. The molecule has 3 aromatic heterocycles. The second-order valence-electron chi connectivity index (χ2n) is 9.11. The van der Waals surface area contributed by atoms with Gasteiger partial charge in [0.25, 0.3) is 6.43 Å². The molecule has 2 aliphatic rings. The number of carbonyl (C=O) groups excluding carboxylic acids is 1. The van der Waals surface area contributed by atoms with Gasteiger partial charge >= 0.3 is 6.18 Å². The molecule has 5 heterocycles. The summed E-state index contributed by atoms with van der Waals surface area (Å²) < 4.78 is 66.3. The normalized spacial score (nSPS) is 20.3. The van der Waals surface area contributed by atoms with Gasteiger partial charge in [-0.3, -0.25) is 9.69 Å². The molecule has 0 bridgehead atoms. The molecule has 0 aliphatic carbocycles. The molecule has 2 saturated heterocycles. The van der Waals surface area contributed by atoms with E-state index < -0.39 is 30.4 Å². The van der Waals surface area contributed by atoms with Crippen molar-refractivity contribution in [3.8, 4) is 0 Å². The lowest BCUT2D eigenvalue weighted by atomic mass is 9.71. The predicted molar refractivity (Wildman–Crippen MR) is 118 cm³/mol. The maximum atomic E-state index is 13.2. The molecule has 1 unspecified atom stereocenters. The molecule has 1 atom stereocenters. The highest BCUT2D eigenvalue weighted by Crippen LogP contribution is 2.49. The summed E-state index contributed by atoms with van der Waals surface area (Å²) in [4.78, 5) is 32.2. The molecule has 2 fully saturated rings. The zero-order valence-corrected chi connectivity index (χ0v) is 19.3. The Morgan fingerprint density at radius 2 is 1.86 bits per heavy atom. The smallest absolute Gasteiger partial charge is 0.355 e. The van der Waals surface area contributed by atoms with Crippen LogP contribution in [0.5, 0.6) is 0 Å². The number of amides is 1. The molecule has 192 valence electrons. The maximum Gasteiger partial charge on any atom is 0.451 e. The summed E-state index contributed by atoms with van der Waals surface area (Å²) in [6.45, 7) is 2.37. The van der Waals surface area contributed by atoms with Gasteiger partial charge in [-0.05, 0) is 25.3 Å². The van der Waals surface area contributed by atoms with Crippen LogP contribution in [0, 0.1) is 5.41 Å². The third kappa shape index (κ3) is 4.22. The number of aromatic nitrogens is 6. The van der Waals surface area contributed by atoms with E-state index in [2.05, 4.69) is 25.0 Å². The Balaban J connectivity index is 1.36. The summed E-state index contributed by atoms with van der Waals surface area (Å²) in [7, 11) is 0. The average Bonchev–Trinajstić information content (AvgIpc) is 3.35. The molecule has 36 heavy (non-hydrogen) atoms. The number of piperidine rings is 1. The number of alkyl halides is 5. The summed E-state index contributed by atoms with van der Waals surface area (Å²) in [5.74, 6) is -1.07. The lowest BCUT2D eigenvalue weighted by Crippen LogP contribution is -2.48. The van der Waals surface area contributed by atoms with E-state index in [0.29, 0.717) is 43.7 Å². The van der Waals surface area contributed by atoms with E-state index in [-0.39, 0.29) is 29.8 Å². The van der Waals surface area contributed by atoms with Gasteiger partial charge in [0.1, 0.15) is 23.7 Å². The van der Waals surface area contributed by atoms with Crippen molar-refractivity contribution < 1.29 is 26.7 Å². The number of rotatable bonds is 5. The number of carbonyl (C=O) groups is 1. The fourth-order valence-electron chi connectivity index (χ4n) is 5.42. The lowest BCUT2D eigenvalue weighted by molar-refractivity contribution is -0.145.